The van der Waals surface area contributed by atoms with Gasteiger partial charge in [-0.05, 0) is 30.9 Å². The Hall–Kier alpha value is -0.980. The van der Waals surface area contributed by atoms with Gasteiger partial charge in [0.15, 0.2) is 0 Å². The van der Waals surface area contributed by atoms with Gasteiger partial charge in [0.05, 0.1) is 6.10 Å². The third kappa shape index (κ3) is 3.28. The molecule has 0 saturated heterocycles. The maximum atomic E-state index is 11.9. The molecular formula is C12H18N2O3S. The van der Waals surface area contributed by atoms with Gasteiger partial charge in [0.2, 0.25) is 10.0 Å². The first-order valence-electron chi connectivity index (χ1n) is 6.17. The lowest BCUT2D eigenvalue weighted by Crippen LogP contribution is -2.36. The topological polar surface area (TPSA) is 79.3 Å². The molecule has 2 rings (SSSR count). The first kappa shape index (κ1) is 13.5. The van der Waals surface area contributed by atoms with Crippen molar-refractivity contribution < 1.29 is 13.5 Å². The Morgan fingerprint density at radius 3 is 2.83 bits per heavy atom. The molecule has 18 heavy (non-hydrogen) atoms. The summed E-state index contributed by atoms with van der Waals surface area (Å²) in [7, 11) is -3.51. The molecule has 2 N–H and O–H groups in total. The summed E-state index contributed by atoms with van der Waals surface area (Å²) in [5.41, 5.74) is 0. The number of aliphatic hydroxyl groups is 1. The normalized spacial score (nSPS) is 24.9. The van der Waals surface area contributed by atoms with Crippen LogP contribution in [0.1, 0.15) is 25.7 Å². The largest absolute Gasteiger partial charge is 0.393 e. The number of nitrogens with one attached hydrogen (secondary N) is 1. The minimum absolute atomic E-state index is 0.0187. The molecule has 0 aromatic carbocycles. The predicted molar refractivity (Wildman–Crippen MR) is 67.4 cm³/mol. The molecule has 0 radical (unpaired) electrons. The number of aromatic nitrogens is 1. The van der Waals surface area contributed by atoms with Crippen molar-refractivity contribution in [3.8, 4) is 0 Å². The second kappa shape index (κ2) is 5.77. The van der Waals surface area contributed by atoms with Crippen LogP contribution in [0, 0.1) is 5.92 Å². The van der Waals surface area contributed by atoms with E-state index < -0.39 is 16.1 Å². The quantitative estimate of drug-likeness (QED) is 0.852. The highest BCUT2D eigenvalue weighted by Gasteiger charge is 2.25. The zero-order chi connectivity index (χ0) is 13.0. The van der Waals surface area contributed by atoms with Crippen molar-refractivity contribution in [3.63, 3.8) is 0 Å². The standard InChI is InChI=1S/C12H18N2O3S/c15-12-6-2-1-4-10(12)8-14-18(16,17)11-5-3-7-13-9-11/h3,5,7,9-10,12,14-15H,1-2,4,6,8H2. The third-order valence-corrected chi connectivity index (χ3v) is 4.76. The Labute approximate surface area is 107 Å². The van der Waals surface area contributed by atoms with Gasteiger partial charge in [0, 0.05) is 18.9 Å². The summed E-state index contributed by atoms with van der Waals surface area (Å²) in [5, 5.41) is 9.79. The van der Waals surface area contributed by atoms with Crippen LogP contribution < -0.4 is 4.72 Å². The van der Waals surface area contributed by atoms with Crippen LogP contribution in [-0.4, -0.2) is 31.2 Å². The van der Waals surface area contributed by atoms with E-state index in [1.807, 2.05) is 0 Å². The van der Waals surface area contributed by atoms with Gasteiger partial charge in [-0.2, -0.15) is 0 Å². The number of rotatable bonds is 4. The number of sulfonamides is 1. The zero-order valence-corrected chi connectivity index (χ0v) is 10.9. The van der Waals surface area contributed by atoms with E-state index in [1.54, 1.807) is 6.07 Å². The van der Waals surface area contributed by atoms with E-state index in [2.05, 4.69) is 9.71 Å². The summed E-state index contributed by atoms with van der Waals surface area (Å²) in [6, 6.07) is 3.09. The second-order valence-corrected chi connectivity index (χ2v) is 6.42. The van der Waals surface area contributed by atoms with Crippen molar-refractivity contribution in [3.05, 3.63) is 24.5 Å². The third-order valence-electron chi connectivity index (χ3n) is 3.35. The van der Waals surface area contributed by atoms with Crippen molar-refractivity contribution in [1.82, 2.24) is 9.71 Å². The lowest BCUT2D eigenvalue weighted by molar-refractivity contribution is 0.0724. The highest BCUT2D eigenvalue weighted by molar-refractivity contribution is 7.89. The van der Waals surface area contributed by atoms with E-state index in [0.29, 0.717) is 6.54 Å². The highest BCUT2D eigenvalue weighted by atomic mass is 32.2. The van der Waals surface area contributed by atoms with Gasteiger partial charge in [0.25, 0.3) is 0 Å². The van der Waals surface area contributed by atoms with E-state index in [9.17, 15) is 13.5 Å². The van der Waals surface area contributed by atoms with Crippen LogP contribution in [0.3, 0.4) is 0 Å². The number of pyridine rings is 1. The molecule has 2 unspecified atom stereocenters. The summed E-state index contributed by atoms with van der Waals surface area (Å²) < 4.78 is 26.4. The lowest BCUT2D eigenvalue weighted by Gasteiger charge is -2.27. The number of aliphatic hydroxyl groups excluding tert-OH is 1. The summed E-state index contributed by atoms with van der Waals surface area (Å²) in [4.78, 5) is 3.95. The van der Waals surface area contributed by atoms with E-state index in [0.717, 1.165) is 25.7 Å². The number of hydrogen-bond acceptors (Lipinski definition) is 4. The van der Waals surface area contributed by atoms with Crippen LogP contribution in [0.2, 0.25) is 0 Å². The van der Waals surface area contributed by atoms with Gasteiger partial charge in [-0.1, -0.05) is 12.8 Å². The number of nitrogens with zero attached hydrogens (tertiary/aromatic N) is 1. The average Bonchev–Trinajstić information content (AvgIpc) is 2.39. The van der Waals surface area contributed by atoms with Crippen molar-refractivity contribution in [2.75, 3.05) is 6.54 Å². The molecule has 0 bridgehead atoms. The molecular weight excluding hydrogens is 252 g/mol. The molecule has 1 heterocycles. The highest BCUT2D eigenvalue weighted by Crippen LogP contribution is 2.24. The molecule has 1 aliphatic carbocycles. The summed E-state index contributed by atoms with van der Waals surface area (Å²) >= 11 is 0. The van der Waals surface area contributed by atoms with Gasteiger partial charge in [0.1, 0.15) is 4.90 Å². The Morgan fingerprint density at radius 2 is 2.17 bits per heavy atom. The van der Waals surface area contributed by atoms with E-state index >= 15 is 0 Å². The van der Waals surface area contributed by atoms with Crippen LogP contribution in [0.5, 0.6) is 0 Å². The van der Waals surface area contributed by atoms with Crippen molar-refractivity contribution in [1.29, 1.82) is 0 Å². The Bertz CT molecular complexity index is 475. The summed E-state index contributed by atoms with van der Waals surface area (Å²) in [6.07, 6.45) is 6.17. The van der Waals surface area contributed by atoms with Crippen LogP contribution >= 0.6 is 0 Å². The molecule has 1 aliphatic rings. The molecule has 0 aliphatic heterocycles. The molecule has 2 atom stereocenters. The molecule has 1 fully saturated rings. The van der Waals surface area contributed by atoms with Gasteiger partial charge in [-0.25, -0.2) is 13.1 Å². The Balaban J connectivity index is 1.97. The number of hydrogen-bond donors (Lipinski definition) is 2. The maximum absolute atomic E-state index is 11.9. The average molecular weight is 270 g/mol. The first-order chi connectivity index (χ1) is 8.59. The SMILES string of the molecule is O=S(=O)(NCC1CCCCC1O)c1cccnc1. The smallest absolute Gasteiger partial charge is 0.242 e. The van der Waals surface area contributed by atoms with Gasteiger partial charge in [-0.3, -0.25) is 4.98 Å². The fraction of sp³-hybridized carbons (Fsp3) is 0.583. The molecule has 100 valence electrons. The molecule has 6 heteroatoms. The van der Waals surface area contributed by atoms with Gasteiger partial charge in [-0.15, -0.1) is 0 Å². The van der Waals surface area contributed by atoms with Crippen molar-refractivity contribution in [2.24, 2.45) is 5.92 Å². The Kier molecular flexibility index (Phi) is 4.31. The van der Waals surface area contributed by atoms with Crippen LogP contribution in [0.15, 0.2) is 29.4 Å². The van der Waals surface area contributed by atoms with Gasteiger partial charge < -0.3 is 5.11 Å². The van der Waals surface area contributed by atoms with Crippen molar-refractivity contribution in [2.45, 2.75) is 36.7 Å². The maximum Gasteiger partial charge on any atom is 0.242 e. The lowest BCUT2D eigenvalue weighted by atomic mass is 9.87. The molecule has 0 spiro atoms. The van der Waals surface area contributed by atoms with E-state index in [4.69, 9.17) is 0 Å². The summed E-state index contributed by atoms with van der Waals surface area (Å²) in [5.74, 6) is 0.0187. The zero-order valence-electron chi connectivity index (χ0n) is 10.1. The molecule has 0 amide bonds. The van der Waals surface area contributed by atoms with Crippen LogP contribution in [0.25, 0.3) is 0 Å². The van der Waals surface area contributed by atoms with Crippen molar-refractivity contribution >= 4 is 10.0 Å². The minimum atomic E-state index is -3.51. The predicted octanol–water partition coefficient (Wildman–Crippen LogP) is 0.911. The monoisotopic (exact) mass is 270 g/mol. The first-order valence-corrected chi connectivity index (χ1v) is 7.65. The molecule has 1 aromatic heterocycles. The molecule has 5 nitrogen and oxygen atoms in total. The van der Waals surface area contributed by atoms with E-state index in [1.165, 1.54) is 18.5 Å². The van der Waals surface area contributed by atoms with Crippen LogP contribution in [0.4, 0.5) is 0 Å². The Morgan fingerprint density at radius 1 is 1.39 bits per heavy atom. The molecule has 1 saturated carbocycles. The second-order valence-electron chi connectivity index (χ2n) is 4.65. The van der Waals surface area contributed by atoms with Gasteiger partial charge >= 0.3 is 0 Å². The van der Waals surface area contributed by atoms with E-state index in [-0.39, 0.29) is 10.8 Å². The fourth-order valence-electron chi connectivity index (χ4n) is 2.23. The summed E-state index contributed by atoms with van der Waals surface area (Å²) in [6.45, 7) is 0.290. The molecule has 1 aromatic rings. The van der Waals surface area contributed by atoms with Crippen LogP contribution in [-0.2, 0) is 10.0 Å². The minimum Gasteiger partial charge on any atom is -0.393 e. The fourth-order valence-corrected chi connectivity index (χ4v) is 3.29.